The van der Waals surface area contributed by atoms with Crippen molar-refractivity contribution in [3.8, 4) is 5.75 Å². The monoisotopic (exact) mass is 373 g/mol. The van der Waals surface area contributed by atoms with Gasteiger partial charge in [0.15, 0.2) is 0 Å². The van der Waals surface area contributed by atoms with E-state index in [4.69, 9.17) is 14.2 Å². The third-order valence-electron chi connectivity index (χ3n) is 3.48. The maximum absolute atomic E-state index is 12.0. The van der Waals surface area contributed by atoms with E-state index in [0.717, 1.165) is 0 Å². The minimum absolute atomic E-state index is 0.0207. The number of non-ortho nitro benzene ring substituents is 1. The maximum atomic E-state index is 12.0. The Kier molecular flexibility index (Phi) is 6.87. The highest BCUT2D eigenvalue weighted by atomic mass is 16.6. The Hall–Kier alpha value is -3.42. The largest absolute Gasteiger partial charge is 0.489 e. The van der Waals surface area contributed by atoms with Crippen molar-refractivity contribution < 1.29 is 28.7 Å². The van der Waals surface area contributed by atoms with Crippen LogP contribution >= 0.6 is 0 Å². The van der Waals surface area contributed by atoms with Gasteiger partial charge >= 0.3 is 11.9 Å². The van der Waals surface area contributed by atoms with Gasteiger partial charge in [-0.25, -0.2) is 9.59 Å². The zero-order chi connectivity index (χ0) is 19.8. The van der Waals surface area contributed by atoms with E-state index in [1.54, 1.807) is 26.0 Å². The van der Waals surface area contributed by atoms with E-state index in [2.05, 4.69) is 0 Å². The summed E-state index contributed by atoms with van der Waals surface area (Å²) in [4.78, 5) is 34.2. The van der Waals surface area contributed by atoms with Crippen molar-refractivity contribution in [1.82, 2.24) is 0 Å². The lowest BCUT2D eigenvalue weighted by Gasteiger charge is -2.11. The highest BCUT2D eigenvalue weighted by Gasteiger charge is 2.15. The van der Waals surface area contributed by atoms with Gasteiger partial charge in [-0.2, -0.15) is 0 Å². The third-order valence-corrected chi connectivity index (χ3v) is 3.48. The zero-order valence-electron chi connectivity index (χ0n) is 15.0. The van der Waals surface area contributed by atoms with E-state index in [-0.39, 0.29) is 42.4 Å². The molecular formula is C19H19NO7. The molecule has 0 aromatic heterocycles. The van der Waals surface area contributed by atoms with Crippen LogP contribution in [0, 0.1) is 10.1 Å². The van der Waals surface area contributed by atoms with Crippen LogP contribution in [0.4, 0.5) is 5.69 Å². The summed E-state index contributed by atoms with van der Waals surface area (Å²) in [5.41, 5.74) is 1.01. The number of carbonyl (C=O) groups excluding carboxylic acids is 2. The predicted octanol–water partition coefficient (Wildman–Crippen LogP) is 3.53. The van der Waals surface area contributed by atoms with Crippen molar-refractivity contribution in [2.45, 2.75) is 20.5 Å². The van der Waals surface area contributed by atoms with Crippen LogP contribution in [0.3, 0.4) is 0 Å². The number of hydrogen-bond acceptors (Lipinski definition) is 7. The lowest BCUT2D eigenvalue weighted by molar-refractivity contribution is -0.384. The quantitative estimate of drug-likeness (QED) is 0.396. The number of hydrogen-bond donors (Lipinski definition) is 0. The molecule has 0 heterocycles. The second-order valence-corrected chi connectivity index (χ2v) is 5.40. The van der Waals surface area contributed by atoms with Gasteiger partial charge < -0.3 is 14.2 Å². The van der Waals surface area contributed by atoms with E-state index >= 15 is 0 Å². The minimum Gasteiger partial charge on any atom is -0.489 e. The van der Waals surface area contributed by atoms with Gasteiger partial charge in [-0.1, -0.05) is 0 Å². The molecule has 0 saturated carbocycles. The average molecular weight is 373 g/mol. The summed E-state index contributed by atoms with van der Waals surface area (Å²) in [5.74, 6) is -0.880. The molecule has 0 unspecified atom stereocenters. The molecule has 0 N–H and O–H groups in total. The highest BCUT2D eigenvalue weighted by molar-refractivity contribution is 5.96. The van der Waals surface area contributed by atoms with Gasteiger partial charge in [-0.05, 0) is 49.7 Å². The van der Waals surface area contributed by atoms with Crippen molar-refractivity contribution in [2.75, 3.05) is 13.2 Å². The second kappa shape index (κ2) is 9.33. The molecule has 0 bridgehead atoms. The van der Waals surface area contributed by atoms with Crippen molar-refractivity contribution in [3.63, 3.8) is 0 Å². The molecule has 8 heteroatoms. The molecule has 0 aliphatic heterocycles. The zero-order valence-corrected chi connectivity index (χ0v) is 15.0. The fourth-order valence-corrected chi connectivity index (χ4v) is 2.23. The first-order valence-corrected chi connectivity index (χ1v) is 8.30. The van der Waals surface area contributed by atoms with Crippen LogP contribution in [0.25, 0.3) is 0 Å². The fraction of sp³-hybridized carbons (Fsp3) is 0.263. The smallest absolute Gasteiger partial charge is 0.338 e. The molecule has 142 valence electrons. The first kappa shape index (κ1) is 19.9. The maximum Gasteiger partial charge on any atom is 0.338 e. The normalized spacial score (nSPS) is 10.1. The standard InChI is InChI=1S/C19H19NO7/c1-3-25-18(21)14-9-15(19(22)26-4-2)11-17(10-14)27-12-13-5-7-16(8-6-13)20(23)24/h5-11H,3-4,12H2,1-2H3. The summed E-state index contributed by atoms with van der Waals surface area (Å²) in [5, 5.41) is 10.7. The highest BCUT2D eigenvalue weighted by Crippen LogP contribution is 2.21. The molecule has 2 rings (SSSR count). The van der Waals surface area contributed by atoms with Gasteiger partial charge in [0, 0.05) is 12.1 Å². The molecule has 0 spiro atoms. The van der Waals surface area contributed by atoms with Crippen LogP contribution in [-0.4, -0.2) is 30.1 Å². The van der Waals surface area contributed by atoms with Gasteiger partial charge in [0.2, 0.25) is 0 Å². The molecular weight excluding hydrogens is 354 g/mol. The number of benzene rings is 2. The Labute approximate surface area is 155 Å². The van der Waals surface area contributed by atoms with Crippen LogP contribution in [0.15, 0.2) is 42.5 Å². The third kappa shape index (κ3) is 5.53. The molecule has 2 aromatic rings. The number of ether oxygens (including phenoxy) is 3. The van der Waals surface area contributed by atoms with E-state index in [1.165, 1.54) is 30.3 Å². The summed E-state index contributed by atoms with van der Waals surface area (Å²) >= 11 is 0. The number of carbonyl (C=O) groups is 2. The first-order chi connectivity index (χ1) is 12.9. The van der Waals surface area contributed by atoms with E-state index in [1.807, 2.05) is 0 Å². The van der Waals surface area contributed by atoms with Crippen molar-refractivity contribution >= 4 is 17.6 Å². The predicted molar refractivity (Wildman–Crippen MR) is 95.8 cm³/mol. The lowest BCUT2D eigenvalue weighted by Crippen LogP contribution is -2.10. The van der Waals surface area contributed by atoms with Crippen molar-refractivity contribution in [2.24, 2.45) is 0 Å². The Bertz CT molecular complexity index is 794. The SMILES string of the molecule is CCOC(=O)c1cc(OCc2ccc([N+](=O)[O-])cc2)cc(C(=O)OCC)c1. The van der Waals surface area contributed by atoms with Gasteiger partial charge in [-0.3, -0.25) is 10.1 Å². The summed E-state index contributed by atoms with van der Waals surface area (Å²) < 4.78 is 15.6. The molecule has 27 heavy (non-hydrogen) atoms. The van der Waals surface area contributed by atoms with Crippen molar-refractivity contribution in [1.29, 1.82) is 0 Å². The van der Waals surface area contributed by atoms with Gasteiger partial charge in [0.25, 0.3) is 5.69 Å². The topological polar surface area (TPSA) is 105 Å². The summed E-state index contributed by atoms with van der Waals surface area (Å²) in [6.07, 6.45) is 0. The number of rotatable bonds is 8. The lowest BCUT2D eigenvalue weighted by atomic mass is 10.1. The minimum atomic E-state index is -0.580. The van der Waals surface area contributed by atoms with Crippen LogP contribution in [0.2, 0.25) is 0 Å². The molecule has 0 radical (unpaired) electrons. The molecule has 8 nitrogen and oxygen atoms in total. The van der Waals surface area contributed by atoms with E-state index in [0.29, 0.717) is 5.56 Å². The molecule has 0 saturated heterocycles. The Balaban J connectivity index is 2.21. The molecule has 0 amide bonds. The number of nitrogens with zero attached hydrogens (tertiary/aromatic N) is 1. The summed E-state index contributed by atoms with van der Waals surface area (Å²) in [6.45, 7) is 3.85. The first-order valence-electron chi connectivity index (χ1n) is 8.30. The molecule has 2 aromatic carbocycles. The molecule has 0 aliphatic carbocycles. The number of esters is 2. The van der Waals surface area contributed by atoms with E-state index < -0.39 is 16.9 Å². The van der Waals surface area contributed by atoms with E-state index in [9.17, 15) is 19.7 Å². The average Bonchev–Trinajstić information content (AvgIpc) is 2.66. The Morgan fingerprint density at radius 1 is 0.926 bits per heavy atom. The van der Waals surface area contributed by atoms with Gasteiger partial charge in [0.05, 0.1) is 29.3 Å². The van der Waals surface area contributed by atoms with Crippen LogP contribution in [-0.2, 0) is 16.1 Å². The Morgan fingerprint density at radius 2 is 1.44 bits per heavy atom. The van der Waals surface area contributed by atoms with Crippen LogP contribution in [0.1, 0.15) is 40.1 Å². The molecule has 0 atom stereocenters. The van der Waals surface area contributed by atoms with Crippen LogP contribution in [0.5, 0.6) is 5.75 Å². The fourth-order valence-electron chi connectivity index (χ4n) is 2.23. The summed E-state index contributed by atoms with van der Waals surface area (Å²) in [6, 6.07) is 10.2. The number of nitro benzene ring substituents is 1. The van der Waals surface area contributed by atoms with Gasteiger partial charge in [0.1, 0.15) is 12.4 Å². The Morgan fingerprint density at radius 3 is 1.89 bits per heavy atom. The van der Waals surface area contributed by atoms with Crippen molar-refractivity contribution in [3.05, 3.63) is 69.3 Å². The number of nitro groups is 1. The summed E-state index contributed by atoms with van der Waals surface area (Å²) in [7, 11) is 0. The molecule has 0 fully saturated rings. The van der Waals surface area contributed by atoms with Gasteiger partial charge in [-0.15, -0.1) is 0 Å². The molecule has 0 aliphatic rings. The van der Waals surface area contributed by atoms with Crippen LogP contribution < -0.4 is 4.74 Å². The second-order valence-electron chi connectivity index (χ2n) is 5.40.